The van der Waals surface area contributed by atoms with E-state index in [1.54, 1.807) is 13.1 Å². The van der Waals surface area contributed by atoms with Gasteiger partial charge in [0, 0.05) is 19.1 Å². The molecule has 108 valence electrons. The minimum absolute atomic E-state index is 0.0750. The predicted molar refractivity (Wildman–Crippen MR) is 81.9 cm³/mol. The molecule has 1 aliphatic rings. The summed E-state index contributed by atoms with van der Waals surface area (Å²) in [7, 11) is -1.70. The first kappa shape index (κ1) is 15.4. The second kappa shape index (κ2) is 5.81. The van der Waals surface area contributed by atoms with Crippen LogP contribution in [0.25, 0.3) is 0 Å². The Kier molecular flexibility index (Phi) is 4.72. The summed E-state index contributed by atoms with van der Waals surface area (Å²) in [5.41, 5.74) is 6.83. The van der Waals surface area contributed by atoms with Gasteiger partial charge in [0.2, 0.25) is 0 Å². The summed E-state index contributed by atoms with van der Waals surface area (Å²) in [6.45, 7) is 1.90. The molecule has 0 spiro atoms. The van der Waals surface area contributed by atoms with Crippen LogP contribution in [0.1, 0.15) is 31.2 Å². The first-order valence-electron chi connectivity index (χ1n) is 6.32. The van der Waals surface area contributed by atoms with Gasteiger partial charge in [-0.2, -0.15) is 4.31 Å². The maximum Gasteiger partial charge on any atom is 0.252 e. The van der Waals surface area contributed by atoms with E-state index in [4.69, 9.17) is 5.73 Å². The van der Waals surface area contributed by atoms with Gasteiger partial charge in [0.05, 0.1) is 3.79 Å². The highest BCUT2D eigenvalue weighted by Gasteiger charge is 2.31. The van der Waals surface area contributed by atoms with E-state index in [-0.39, 0.29) is 12.1 Å². The summed E-state index contributed by atoms with van der Waals surface area (Å²) in [6, 6.07) is 2.03. The van der Waals surface area contributed by atoms with Crippen molar-refractivity contribution in [1.29, 1.82) is 0 Å². The second-order valence-electron chi connectivity index (χ2n) is 5.11. The lowest BCUT2D eigenvalue weighted by Gasteiger charge is -2.32. The van der Waals surface area contributed by atoms with Gasteiger partial charge >= 0.3 is 0 Å². The van der Waals surface area contributed by atoms with E-state index >= 15 is 0 Å². The molecule has 1 fully saturated rings. The number of thiophene rings is 1. The number of rotatable bonds is 3. The predicted octanol–water partition coefficient (Wildman–Crippen LogP) is 2.71. The van der Waals surface area contributed by atoms with Crippen molar-refractivity contribution in [3.63, 3.8) is 0 Å². The summed E-state index contributed by atoms with van der Waals surface area (Å²) < 4.78 is 27.9. The largest absolute Gasteiger partial charge is 0.328 e. The third-order valence-electron chi connectivity index (χ3n) is 3.72. The van der Waals surface area contributed by atoms with Gasteiger partial charge in [0.25, 0.3) is 10.0 Å². The summed E-state index contributed by atoms with van der Waals surface area (Å²) in [6.07, 6.45) is 3.50. The van der Waals surface area contributed by atoms with Crippen LogP contribution in [0.5, 0.6) is 0 Å². The Morgan fingerprint density at radius 3 is 2.42 bits per heavy atom. The molecule has 1 aliphatic carbocycles. The van der Waals surface area contributed by atoms with Crippen LogP contribution in [-0.2, 0) is 10.0 Å². The Hall–Kier alpha value is 0.0500. The number of hydrogen-bond donors (Lipinski definition) is 1. The first-order chi connectivity index (χ1) is 8.82. The third kappa shape index (κ3) is 3.21. The molecule has 0 unspecified atom stereocenters. The molecule has 19 heavy (non-hydrogen) atoms. The molecule has 0 aliphatic heterocycles. The van der Waals surface area contributed by atoms with Crippen molar-refractivity contribution >= 4 is 37.3 Å². The zero-order valence-electron chi connectivity index (χ0n) is 11.1. The van der Waals surface area contributed by atoms with E-state index in [1.807, 2.05) is 6.92 Å². The Morgan fingerprint density at radius 2 is 1.95 bits per heavy atom. The average molecular weight is 367 g/mol. The number of hydrogen-bond acceptors (Lipinski definition) is 4. The lowest BCUT2D eigenvalue weighted by molar-refractivity contribution is 0.269. The molecule has 1 heterocycles. The van der Waals surface area contributed by atoms with Crippen LogP contribution in [0, 0.1) is 6.92 Å². The molecule has 1 aromatic rings. The van der Waals surface area contributed by atoms with Crippen molar-refractivity contribution in [2.24, 2.45) is 5.73 Å². The normalized spacial score (nSPS) is 24.9. The number of halogens is 1. The lowest BCUT2D eigenvalue weighted by atomic mass is 9.92. The molecule has 2 rings (SSSR count). The van der Waals surface area contributed by atoms with Crippen LogP contribution in [-0.4, -0.2) is 31.9 Å². The molecule has 0 radical (unpaired) electrons. The fourth-order valence-corrected chi connectivity index (χ4v) is 6.19. The molecule has 0 amide bonds. The highest BCUT2D eigenvalue weighted by atomic mass is 79.9. The first-order valence-corrected chi connectivity index (χ1v) is 9.37. The molecule has 1 saturated carbocycles. The number of sulfonamides is 1. The number of aryl methyl sites for hydroxylation is 1. The fourth-order valence-electron chi connectivity index (χ4n) is 2.36. The quantitative estimate of drug-likeness (QED) is 0.894. The minimum atomic E-state index is -3.38. The van der Waals surface area contributed by atoms with Gasteiger partial charge in [-0.1, -0.05) is 0 Å². The van der Waals surface area contributed by atoms with E-state index in [0.717, 1.165) is 35.0 Å². The summed E-state index contributed by atoms with van der Waals surface area (Å²) in [5.74, 6) is 0. The lowest BCUT2D eigenvalue weighted by Crippen LogP contribution is -2.41. The summed E-state index contributed by atoms with van der Waals surface area (Å²) >= 11 is 4.66. The molecule has 0 atom stereocenters. The standard InChI is InChI=1S/C12H19BrN2O2S2/c1-8-7-11(18-12(8)13)19(16,17)15(2)10-5-3-9(14)4-6-10/h7,9-10H,3-6,14H2,1-2H3. The molecular weight excluding hydrogens is 348 g/mol. The van der Waals surface area contributed by atoms with E-state index in [2.05, 4.69) is 15.9 Å². The molecule has 0 saturated heterocycles. The average Bonchev–Trinajstić information content (AvgIpc) is 2.70. The maximum absolute atomic E-state index is 12.6. The SMILES string of the molecule is Cc1cc(S(=O)(=O)N(C)C2CCC(N)CC2)sc1Br. The van der Waals surface area contributed by atoms with Gasteiger partial charge < -0.3 is 5.73 Å². The minimum Gasteiger partial charge on any atom is -0.328 e. The van der Waals surface area contributed by atoms with E-state index in [0.29, 0.717) is 4.21 Å². The van der Waals surface area contributed by atoms with E-state index in [9.17, 15) is 8.42 Å². The van der Waals surface area contributed by atoms with Gasteiger partial charge in [-0.25, -0.2) is 8.42 Å². The van der Waals surface area contributed by atoms with Crippen LogP contribution < -0.4 is 5.73 Å². The van der Waals surface area contributed by atoms with Gasteiger partial charge in [0.1, 0.15) is 4.21 Å². The molecule has 2 N–H and O–H groups in total. The van der Waals surface area contributed by atoms with Crippen molar-refractivity contribution in [3.8, 4) is 0 Å². The maximum atomic E-state index is 12.6. The Bertz CT molecular complexity index is 529. The van der Waals surface area contributed by atoms with E-state index in [1.165, 1.54) is 15.6 Å². The Morgan fingerprint density at radius 1 is 1.37 bits per heavy atom. The van der Waals surface area contributed by atoms with E-state index < -0.39 is 10.0 Å². The highest BCUT2D eigenvalue weighted by molar-refractivity contribution is 9.11. The van der Waals surface area contributed by atoms with Gasteiger partial charge in [-0.3, -0.25) is 0 Å². The van der Waals surface area contributed by atoms with Crippen LogP contribution in [0.15, 0.2) is 14.1 Å². The molecule has 7 heteroatoms. The van der Waals surface area contributed by atoms with Gasteiger partial charge in [0.15, 0.2) is 0 Å². The van der Waals surface area contributed by atoms with Gasteiger partial charge in [-0.15, -0.1) is 11.3 Å². The summed E-state index contributed by atoms with van der Waals surface area (Å²) in [5, 5.41) is 0. The Labute approximate surface area is 127 Å². The summed E-state index contributed by atoms with van der Waals surface area (Å²) in [4.78, 5) is 0. The van der Waals surface area contributed by atoms with Crippen molar-refractivity contribution in [2.45, 2.75) is 48.9 Å². The second-order valence-corrected chi connectivity index (χ2v) is 9.71. The Balaban J connectivity index is 2.19. The van der Waals surface area contributed by atoms with Crippen molar-refractivity contribution < 1.29 is 8.42 Å². The van der Waals surface area contributed by atoms with Crippen LogP contribution in [0.2, 0.25) is 0 Å². The van der Waals surface area contributed by atoms with Crippen molar-refractivity contribution in [1.82, 2.24) is 4.31 Å². The fraction of sp³-hybridized carbons (Fsp3) is 0.667. The van der Waals surface area contributed by atoms with Crippen molar-refractivity contribution in [3.05, 3.63) is 15.4 Å². The molecule has 0 aromatic carbocycles. The third-order valence-corrected chi connectivity index (χ3v) is 8.22. The van der Waals surface area contributed by atoms with Gasteiger partial charge in [-0.05, 0) is 60.2 Å². The number of nitrogens with zero attached hydrogens (tertiary/aromatic N) is 1. The molecule has 0 bridgehead atoms. The molecule has 4 nitrogen and oxygen atoms in total. The number of nitrogens with two attached hydrogens (primary N) is 1. The van der Waals surface area contributed by atoms with Crippen LogP contribution in [0.3, 0.4) is 0 Å². The zero-order valence-corrected chi connectivity index (χ0v) is 14.3. The highest BCUT2D eigenvalue weighted by Crippen LogP contribution is 2.34. The molecular formula is C12H19BrN2O2S2. The van der Waals surface area contributed by atoms with Crippen LogP contribution in [0.4, 0.5) is 0 Å². The molecule has 1 aromatic heterocycles. The topological polar surface area (TPSA) is 63.4 Å². The van der Waals surface area contributed by atoms with Crippen molar-refractivity contribution in [2.75, 3.05) is 7.05 Å². The zero-order chi connectivity index (χ0) is 14.2. The smallest absolute Gasteiger partial charge is 0.252 e. The van der Waals surface area contributed by atoms with Crippen LogP contribution >= 0.6 is 27.3 Å². The monoisotopic (exact) mass is 366 g/mol.